The van der Waals surface area contributed by atoms with Crippen LogP contribution in [-0.2, 0) is 0 Å². The van der Waals surface area contributed by atoms with Gasteiger partial charge in [0.2, 0.25) is 5.78 Å². The van der Waals surface area contributed by atoms with Gasteiger partial charge in [-0.15, -0.1) is 0 Å². The van der Waals surface area contributed by atoms with Crippen LogP contribution in [0.2, 0.25) is 5.02 Å². The van der Waals surface area contributed by atoms with Crippen LogP contribution in [0.15, 0.2) is 60.9 Å². The maximum atomic E-state index is 13.7. The van der Waals surface area contributed by atoms with E-state index < -0.39 is 5.82 Å². The molecule has 0 N–H and O–H groups in total. The van der Waals surface area contributed by atoms with Crippen molar-refractivity contribution < 1.29 is 13.9 Å². The number of carbonyl (C=O) groups is 1. The smallest absolute Gasteiger partial charge is 0.277 e. The number of hydrogen-bond acceptors (Lipinski definition) is 4. The van der Waals surface area contributed by atoms with Crippen molar-refractivity contribution in [2.24, 2.45) is 0 Å². The predicted molar refractivity (Wildman–Crippen MR) is 109 cm³/mol. The Morgan fingerprint density at radius 2 is 1.97 bits per heavy atom. The maximum Gasteiger partial charge on any atom is 0.277 e. The number of ether oxygens (including phenoxy) is 1. The third-order valence-corrected chi connectivity index (χ3v) is 4.80. The number of fused-ring (bicyclic) bond motifs is 1. The first-order valence-corrected chi connectivity index (χ1v) is 9.08. The van der Waals surface area contributed by atoms with Gasteiger partial charge in [0.25, 0.3) is 5.91 Å². The summed E-state index contributed by atoms with van der Waals surface area (Å²) in [4.78, 5) is 23.7. The highest BCUT2D eigenvalue weighted by Gasteiger charge is 2.26. The van der Waals surface area contributed by atoms with Crippen LogP contribution in [0.4, 0.5) is 10.1 Å². The predicted octanol–water partition coefficient (Wildman–Crippen LogP) is 4.47. The molecule has 146 valence electrons. The van der Waals surface area contributed by atoms with Crippen LogP contribution >= 0.6 is 11.6 Å². The molecule has 2 aromatic heterocycles. The van der Waals surface area contributed by atoms with E-state index in [0.717, 1.165) is 0 Å². The van der Waals surface area contributed by atoms with Crippen LogP contribution in [0, 0.1) is 5.82 Å². The molecule has 4 aromatic rings. The number of halogens is 2. The van der Waals surface area contributed by atoms with Crippen molar-refractivity contribution >= 4 is 29.0 Å². The van der Waals surface area contributed by atoms with Gasteiger partial charge < -0.3 is 9.64 Å². The monoisotopic (exact) mass is 410 g/mol. The molecule has 0 saturated heterocycles. The standard InChI is InChI=1S/C21H16ClFN4O2/c1-26(15-7-4-13(22)5-8-15)20(28)19-18(25-21-24-10-3-11-27(19)21)16-9-6-14(23)12-17(16)29-2/h3-12H,1-2H3. The third-order valence-electron chi connectivity index (χ3n) is 4.54. The summed E-state index contributed by atoms with van der Waals surface area (Å²) < 4.78 is 20.6. The fourth-order valence-corrected chi connectivity index (χ4v) is 3.21. The number of anilines is 1. The molecule has 0 unspecified atom stereocenters. The molecule has 1 amide bonds. The zero-order valence-corrected chi connectivity index (χ0v) is 16.4. The normalized spacial score (nSPS) is 10.9. The molecular formula is C21H16ClFN4O2. The highest BCUT2D eigenvalue weighted by atomic mass is 35.5. The van der Waals surface area contributed by atoms with E-state index in [1.165, 1.54) is 30.2 Å². The summed E-state index contributed by atoms with van der Waals surface area (Å²) in [5.74, 6) is -0.133. The summed E-state index contributed by atoms with van der Waals surface area (Å²) in [5.41, 5.74) is 1.80. The molecular weight excluding hydrogens is 395 g/mol. The van der Waals surface area contributed by atoms with E-state index in [1.807, 2.05) is 0 Å². The van der Waals surface area contributed by atoms with E-state index in [4.69, 9.17) is 16.3 Å². The second kappa shape index (κ2) is 7.52. The molecule has 0 spiro atoms. The summed E-state index contributed by atoms with van der Waals surface area (Å²) in [6.45, 7) is 0. The first-order valence-electron chi connectivity index (χ1n) is 8.70. The van der Waals surface area contributed by atoms with Crippen molar-refractivity contribution in [3.05, 3.63) is 77.5 Å². The van der Waals surface area contributed by atoms with Crippen molar-refractivity contribution in [3.8, 4) is 17.0 Å². The summed E-state index contributed by atoms with van der Waals surface area (Å²) >= 11 is 5.95. The second-order valence-corrected chi connectivity index (χ2v) is 6.72. The van der Waals surface area contributed by atoms with Gasteiger partial charge in [0, 0.05) is 41.8 Å². The van der Waals surface area contributed by atoms with Crippen LogP contribution in [0.3, 0.4) is 0 Å². The largest absolute Gasteiger partial charge is 0.496 e. The van der Waals surface area contributed by atoms with E-state index in [1.54, 1.807) is 54.2 Å². The van der Waals surface area contributed by atoms with Crippen LogP contribution in [-0.4, -0.2) is 34.4 Å². The van der Waals surface area contributed by atoms with E-state index >= 15 is 0 Å². The topological polar surface area (TPSA) is 59.7 Å². The lowest BCUT2D eigenvalue weighted by Crippen LogP contribution is -2.28. The summed E-state index contributed by atoms with van der Waals surface area (Å²) in [6, 6.07) is 12.7. The van der Waals surface area contributed by atoms with Gasteiger partial charge in [-0.1, -0.05) is 11.6 Å². The number of nitrogens with zero attached hydrogens (tertiary/aromatic N) is 4. The number of aromatic nitrogens is 3. The van der Waals surface area contributed by atoms with E-state index in [2.05, 4.69) is 9.97 Å². The van der Waals surface area contributed by atoms with Gasteiger partial charge in [0.1, 0.15) is 23.0 Å². The molecule has 0 aliphatic rings. The van der Waals surface area contributed by atoms with E-state index in [9.17, 15) is 9.18 Å². The van der Waals surface area contributed by atoms with Crippen molar-refractivity contribution in [2.75, 3.05) is 19.1 Å². The van der Waals surface area contributed by atoms with Crippen molar-refractivity contribution in [1.82, 2.24) is 14.4 Å². The Kier molecular flexibility index (Phi) is 4.90. The van der Waals surface area contributed by atoms with Crippen LogP contribution < -0.4 is 9.64 Å². The molecule has 0 saturated carbocycles. The minimum atomic E-state index is -0.446. The second-order valence-electron chi connectivity index (χ2n) is 6.28. The Morgan fingerprint density at radius 1 is 1.21 bits per heavy atom. The van der Waals surface area contributed by atoms with Crippen LogP contribution in [0.1, 0.15) is 10.5 Å². The molecule has 2 aromatic carbocycles. The van der Waals surface area contributed by atoms with Gasteiger partial charge in [-0.3, -0.25) is 9.20 Å². The van der Waals surface area contributed by atoms with Gasteiger partial charge in [-0.05, 0) is 42.5 Å². The first kappa shape index (κ1) is 18.9. The molecule has 0 bridgehead atoms. The number of carbonyl (C=O) groups excluding carboxylic acids is 1. The van der Waals surface area contributed by atoms with Gasteiger partial charge >= 0.3 is 0 Å². The highest BCUT2D eigenvalue weighted by molar-refractivity contribution is 6.30. The van der Waals surface area contributed by atoms with E-state index in [0.29, 0.717) is 27.7 Å². The van der Waals surface area contributed by atoms with Gasteiger partial charge in [0.15, 0.2) is 0 Å². The minimum absolute atomic E-state index is 0.275. The Morgan fingerprint density at radius 3 is 2.69 bits per heavy atom. The van der Waals surface area contributed by atoms with Gasteiger partial charge in [-0.2, -0.15) is 0 Å². The molecule has 0 atom stereocenters. The molecule has 0 aliphatic heterocycles. The molecule has 0 aliphatic carbocycles. The molecule has 2 heterocycles. The van der Waals surface area contributed by atoms with Crippen molar-refractivity contribution in [3.63, 3.8) is 0 Å². The number of rotatable bonds is 4. The lowest BCUT2D eigenvalue weighted by molar-refractivity contribution is 0.0988. The number of amides is 1. The molecule has 29 heavy (non-hydrogen) atoms. The highest BCUT2D eigenvalue weighted by Crippen LogP contribution is 2.33. The fourth-order valence-electron chi connectivity index (χ4n) is 3.08. The van der Waals surface area contributed by atoms with Gasteiger partial charge in [-0.25, -0.2) is 14.4 Å². The Hall–Kier alpha value is -3.45. The molecule has 6 nitrogen and oxygen atoms in total. The van der Waals surface area contributed by atoms with Gasteiger partial charge in [0.05, 0.1) is 7.11 Å². The zero-order chi connectivity index (χ0) is 20.5. The Bertz CT molecular complexity index is 1210. The summed E-state index contributed by atoms with van der Waals surface area (Å²) in [5, 5.41) is 0.574. The lowest BCUT2D eigenvalue weighted by atomic mass is 10.1. The van der Waals surface area contributed by atoms with Crippen molar-refractivity contribution in [1.29, 1.82) is 0 Å². The Balaban J connectivity index is 1.91. The SMILES string of the molecule is COc1cc(F)ccc1-c1nc2ncccn2c1C(=O)N(C)c1ccc(Cl)cc1. The van der Waals surface area contributed by atoms with Crippen LogP contribution in [0.25, 0.3) is 17.0 Å². The number of hydrogen-bond donors (Lipinski definition) is 0. The summed E-state index contributed by atoms with van der Waals surface area (Å²) in [7, 11) is 3.10. The Labute approximate surface area is 171 Å². The third kappa shape index (κ3) is 3.40. The molecule has 8 heteroatoms. The lowest BCUT2D eigenvalue weighted by Gasteiger charge is -2.18. The molecule has 0 radical (unpaired) electrons. The van der Waals surface area contributed by atoms with E-state index in [-0.39, 0.29) is 17.4 Å². The average Bonchev–Trinajstić information content (AvgIpc) is 3.12. The minimum Gasteiger partial charge on any atom is -0.496 e. The molecule has 0 fully saturated rings. The zero-order valence-electron chi connectivity index (χ0n) is 15.6. The molecule has 4 rings (SSSR count). The van der Waals surface area contributed by atoms with Crippen molar-refractivity contribution in [2.45, 2.75) is 0 Å². The average molecular weight is 411 g/mol. The first-order chi connectivity index (χ1) is 14.0. The quantitative estimate of drug-likeness (QED) is 0.498. The summed E-state index contributed by atoms with van der Waals surface area (Å²) in [6.07, 6.45) is 3.29. The number of methoxy groups -OCH3 is 1. The fraction of sp³-hybridized carbons (Fsp3) is 0.0952. The number of benzene rings is 2. The van der Waals surface area contributed by atoms with Crippen LogP contribution in [0.5, 0.6) is 5.75 Å². The maximum absolute atomic E-state index is 13.7. The number of imidazole rings is 1.